The molecule has 0 aromatic heterocycles. The summed E-state index contributed by atoms with van der Waals surface area (Å²) in [4.78, 5) is 0.229. The Morgan fingerprint density at radius 3 is 2.15 bits per heavy atom. The summed E-state index contributed by atoms with van der Waals surface area (Å²) in [6.07, 6.45) is 0. The summed E-state index contributed by atoms with van der Waals surface area (Å²) in [6, 6.07) is 13.3. The molecule has 0 amide bonds. The monoisotopic (exact) mass is 310 g/mol. The average Bonchev–Trinajstić information content (AvgIpc) is 2.42. The summed E-state index contributed by atoms with van der Waals surface area (Å²) >= 11 is 5.76. The lowest BCUT2D eigenvalue weighted by molar-refractivity contribution is 0.601. The maximum atomic E-state index is 12.2. The Hall–Kier alpha value is -1.56. The first-order chi connectivity index (χ1) is 9.51. The summed E-state index contributed by atoms with van der Waals surface area (Å²) in [7, 11) is -1.73. The van der Waals surface area contributed by atoms with Crippen LogP contribution in [0.1, 0.15) is 5.56 Å². The van der Waals surface area contributed by atoms with Crippen molar-refractivity contribution in [2.75, 3.05) is 11.8 Å². The van der Waals surface area contributed by atoms with E-state index in [-0.39, 0.29) is 4.90 Å². The summed E-state index contributed by atoms with van der Waals surface area (Å²) in [6.45, 7) is 0.699. The Balaban J connectivity index is 2.19. The van der Waals surface area contributed by atoms with E-state index in [0.717, 1.165) is 5.56 Å². The van der Waals surface area contributed by atoms with Crippen molar-refractivity contribution in [3.05, 3.63) is 59.1 Å². The molecule has 0 bridgehead atoms. The molecule has 2 N–H and O–H groups in total. The molecule has 6 heteroatoms. The van der Waals surface area contributed by atoms with E-state index in [2.05, 4.69) is 10.0 Å². The first kappa shape index (κ1) is 14.8. The molecule has 0 aliphatic rings. The highest BCUT2D eigenvalue weighted by Crippen LogP contribution is 2.18. The molecular weight excluding hydrogens is 296 g/mol. The van der Waals surface area contributed by atoms with Crippen LogP contribution in [0.3, 0.4) is 0 Å². The van der Waals surface area contributed by atoms with Gasteiger partial charge in [0.15, 0.2) is 0 Å². The maximum absolute atomic E-state index is 12.2. The first-order valence-electron chi connectivity index (χ1n) is 6.03. The number of hydrogen-bond donors (Lipinski definition) is 2. The van der Waals surface area contributed by atoms with Gasteiger partial charge in [0.05, 0.1) is 4.90 Å². The van der Waals surface area contributed by atoms with Gasteiger partial charge in [0.1, 0.15) is 0 Å². The molecule has 0 fully saturated rings. The quantitative estimate of drug-likeness (QED) is 0.893. The Kier molecular flexibility index (Phi) is 4.65. The molecule has 0 saturated heterocycles. The van der Waals surface area contributed by atoms with Crippen molar-refractivity contribution in [3.8, 4) is 0 Å². The second-order valence-electron chi connectivity index (χ2n) is 4.29. The SMILES string of the molecule is CNCc1ccc(S(=O)(=O)Nc2ccc(Cl)cc2)cc1. The van der Waals surface area contributed by atoms with Crippen molar-refractivity contribution in [1.29, 1.82) is 0 Å². The van der Waals surface area contributed by atoms with E-state index < -0.39 is 10.0 Å². The lowest BCUT2D eigenvalue weighted by atomic mass is 10.2. The summed E-state index contributed by atoms with van der Waals surface area (Å²) in [5.41, 5.74) is 1.51. The van der Waals surface area contributed by atoms with Gasteiger partial charge in [-0.15, -0.1) is 0 Å². The second-order valence-corrected chi connectivity index (χ2v) is 6.41. The Morgan fingerprint density at radius 2 is 1.60 bits per heavy atom. The zero-order valence-electron chi connectivity index (χ0n) is 10.9. The topological polar surface area (TPSA) is 58.2 Å². The number of benzene rings is 2. The lowest BCUT2D eigenvalue weighted by Gasteiger charge is -2.09. The van der Waals surface area contributed by atoms with Gasteiger partial charge in [0.2, 0.25) is 0 Å². The molecule has 0 atom stereocenters. The van der Waals surface area contributed by atoms with Crippen LogP contribution in [-0.4, -0.2) is 15.5 Å². The summed E-state index contributed by atoms with van der Waals surface area (Å²) < 4.78 is 26.9. The molecule has 2 rings (SSSR count). The van der Waals surface area contributed by atoms with Gasteiger partial charge in [-0.2, -0.15) is 0 Å². The van der Waals surface area contributed by atoms with E-state index >= 15 is 0 Å². The molecule has 0 saturated carbocycles. The van der Waals surface area contributed by atoms with Crippen LogP contribution >= 0.6 is 11.6 Å². The van der Waals surface area contributed by atoms with Crippen molar-refractivity contribution in [2.45, 2.75) is 11.4 Å². The second kappa shape index (κ2) is 6.26. The van der Waals surface area contributed by atoms with Gasteiger partial charge < -0.3 is 5.32 Å². The van der Waals surface area contributed by atoms with Crippen LogP contribution in [0, 0.1) is 0 Å². The van der Waals surface area contributed by atoms with Crippen molar-refractivity contribution in [3.63, 3.8) is 0 Å². The highest BCUT2D eigenvalue weighted by molar-refractivity contribution is 7.92. The van der Waals surface area contributed by atoms with Gasteiger partial charge >= 0.3 is 0 Å². The lowest BCUT2D eigenvalue weighted by Crippen LogP contribution is -2.13. The van der Waals surface area contributed by atoms with Crippen LogP contribution in [0.25, 0.3) is 0 Å². The van der Waals surface area contributed by atoms with Crippen molar-refractivity contribution >= 4 is 27.3 Å². The van der Waals surface area contributed by atoms with Crippen molar-refractivity contribution in [1.82, 2.24) is 5.32 Å². The van der Waals surface area contributed by atoms with Crippen molar-refractivity contribution in [2.24, 2.45) is 0 Å². The molecule has 0 radical (unpaired) electrons. The van der Waals surface area contributed by atoms with Gasteiger partial charge in [-0.25, -0.2) is 8.42 Å². The maximum Gasteiger partial charge on any atom is 0.261 e. The van der Waals surface area contributed by atoms with Gasteiger partial charge in [-0.05, 0) is 49.0 Å². The molecule has 2 aromatic carbocycles. The molecule has 0 unspecified atom stereocenters. The molecule has 0 aliphatic carbocycles. The number of sulfonamides is 1. The largest absolute Gasteiger partial charge is 0.316 e. The Morgan fingerprint density at radius 1 is 1.00 bits per heavy atom. The molecular formula is C14H15ClN2O2S. The number of rotatable bonds is 5. The third kappa shape index (κ3) is 3.72. The fraction of sp³-hybridized carbons (Fsp3) is 0.143. The van der Waals surface area contributed by atoms with Crippen LogP contribution < -0.4 is 10.0 Å². The number of nitrogens with one attached hydrogen (secondary N) is 2. The predicted molar refractivity (Wildman–Crippen MR) is 81.5 cm³/mol. The molecule has 0 heterocycles. The number of anilines is 1. The number of hydrogen-bond acceptors (Lipinski definition) is 3. The third-order valence-electron chi connectivity index (χ3n) is 2.71. The smallest absolute Gasteiger partial charge is 0.261 e. The van der Waals surface area contributed by atoms with Crippen LogP contribution in [-0.2, 0) is 16.6 Å². The van der Waals surface area contributed by atoms with Gasteiger partial charge in [0.25, 0.3) is 10.0 Å². The highest BCUT2D eigenvalue weighted by Gasteiger charge is 2.13. The van der Waals surface area contributed by atoms with Crippen LogP contribution in [0.4, 0.5) is 5.69 Å². The molecule has 20 heavy (non-hydrogen) atoms. The first-order valence-corrected chi connectivity index (χ1v) is 7.89. The predicted octanol–water partition coefficient (Wildman–Crippen LogP) is 2.86. The molecule has 0 spiro atoms. The highest BCUT2D eigenvalue weighted by atomic mass is 35.5. The zero-order chi connectivity index (χ0) is 14.6. The van der Waals surface area contributed by atoms with E-state index in [1.807, 2.05) is 7.05 Å². The van der Waals surface area contributed by atoms with Crippen LogP contribution in [0.5, 0.6) is 0 Å². The minimum absolute atomic E-state index is 0.229. The van der Waals surface area contributed by atoms with Crippen LogP contribution in [0.2, 0.25) is 5.02 Å². The Labute approximate surface area is 123 Å². The van der Waals surface area contributed by atoms with E-state index in [1.54, 1.807) is 48.5 Å². The van der Waals surface area contributed by atoms with E-state index in [1.165, 1.54) is 0 Å². The minimum atomic E-state index is -3.57. The van der Waals surface area contributed by atoms with Gasteiger partial charge in [-0.3, -0.25) is 4.72 Å². The fourth-order valence-electron chi connectivity index (χ4n) is 1.72. The summed E-state index contributed by atoms with van der Waals surface area (Å²) in [5.74, 6) is 0. The fourth-order valence-corrected chi connectivity index (χ4v) is 2.91. The molecule has 4 nitrogen and oxygen atoms in total. The summed E-state index contributed by atoms with van der Waals surface area (Å²) in [5, 5.41) is 3.57. The van der Waals surface area contributed by atoms with Crippen molar-refractivity contribution < 1.29 is 8.42 Å². The zero-order valence-corrected chi connectivity index (χ0v) is 12.5. The Bertz CT molecular complexity index is 667. The molecule has 2 aromatic rings. The average molecular weight is 311 g/mol. The van der Waals surface area contributed by atoms with E-state index in [9.17, 15) is 8.42 Å². The standard InChI is InChI=1S/C14H15ClN2O2S/c1-16-10-11-2-8-14(9-3-11)20(18,19)17-13-6-4-12(15)5-7-13/h2-9,16-17H,10H2,1H3. The minimum Gasteiger partial charge on any atom is -0.316 e. The normalized spacial score (nSPS) is 11.3. The third-order valence-corrected chi connectivity index (χ3v) is 4.36. The van der Waals surface area contributed by atoms with Gasteiger partial charge in [-0.1, -0.05) is 23.7 Å². The molecule has 0 aliphatic heterocycles. The number of halogens is 1. The van der Waals surface area contributed by atoms with Crippen LogP contribution in [0.15, 0.2) is 53.4 Å². The van der Waals surface area contributed by atoms with E-state index in [4.69, 9.17) is 11.6 Å². The van der Waals surface area contributed by atoms with E-state index in [0.29, 0.717) is 17.3 Å². The molecule has 106 valence electrons. The van der Waals surface area contributed by atoms with Gasteiger partial charge in [0, 0.05) is 17.3 Å².